The Morgan fingerprint density at radius 3 is 2.19 bits per heavy atom. The number of halogens is 2. The fourth-order valence-corrected chi connectivity index (χ4v) is 3.31. The average Bonchev–Trinajstić information content (AvgIpc) is 2.79. The number of amides is 1. The number of hydrogen-bond donors (Lipinski definition) is 0. The molecule has 3 rings (SSSR count). The molecule has 0 aliphatic carbocycles. The van der Waals surface area contributed by atoms with Crippen LogP contribution in [-0.2, 0) is 20.5 Å². The van der Waals surface area contributed by atoms with Crippen molar-refractivity contribution in [2.75, 3.05) is 13.1 Å². The van der Waals surface area contributed by atoms with E-state index < -0.39 is 30.0 Å². The number of hydrogen-bond acceptors (Lipinski definition) is 3. The van der Waals surface area contributed by atoms with Gasteiger partial charge in [-0.1, -0.05) is 0 Å². The molecule has 4 nitrogen and oxygen atoms in total. The number of carbonyl (C=O) groups is 1. The first-order chi connectivity index (χ1) is 12.1. The second-order valence-corrected chi connectivity index (χ2v) is 8.17. The molecule has 2 aliphatic rings. The number of benzene rings is 1. The Morgan fingerprint density at radius 1 is 1.04 bits per heavy atom. The number of rotatable bonds is 3. The van der Waals surface area contributed by atoms with Gasteiger partial charge in [-0.25, -0.2) is 8.78 Å². The van der Waals surface area contributed by atoms with Crippen molar-refractivity contribution in [1.82, 2.24) is 4.90 Å². The summed E-state index contributed by atoms with van der Waals surface area (Å²) in [6.45, 7) is 8.80. The van der Waals surface area contributed by atoms with E-state index in [4.69, 9.17) is 9.31 Å². The van der Waals surface area contributed by atoms with Crippen molar-refractivity contribution >= 4 is 18.5 Å². The molecular weight excluding hydrogens is 339 g/mol. The van der Waals surface area contributed by atoms with Crippen molar-refractivity contribution in [1.29, 1.82) is 0 Å². The van der Waals surface area contributed by atoms with Crippen molar-refractivity contribution in [2.45, 2.75) is 64.6 Å². The lowest BCUT2D eigenvalue weighted by atomic mass is 9.78. The Kier molecular flexibility index (Phi) is 5.14. The van der Waals surface area contributed by atoms with Crippen LogP contribution in [0.4, 0.5) is 8.78 Å². The normalized spacial score (nSPS) is 21.9. The van der Waals surface area contributed by atoms with E-state index in [0.29, 0.717) is 13.1 Å². The minimum absolute atomic E-state index is 0.0234. The zero-order chi connectivity index (χ0) is 19.1. The van der Waals surface area contributed by atoms with Gasteiger partial charge in [0.05, 0.1) is 17.6 Å². The second-order valence-electron chi connectivity index (χ2n) is 8.17. The summed E-state index contributed by atoms with van der Waals surface area (Å²) in [6, 6.07) is 2.19. The maximum atomic E-state index is 14.6. The molecule has 2 aliphatic heterocycles. The maximum Gasteiger partial charge on any atom is 0.497 e. The molecule has 26 heavy (non-hydrogen) atoms. The first-order valence-electron chi connectivity index (χ1n) is 9.22. The summed E-state index contributed by atoms with van der Waals surface area (Å²) in [7, 11) is -0.971. The van der Waals surface area contributed by atoms with E-state index in [1.165, 1.54) is 0 Å². The number of nitrogens with zero attached hydrogens (tertiary/aromatic N) is 1. The summed E-state index contributed by atoms with van der Waals surface area (Å²) in [5.74, 6) is -1.39. The minimum atomic E-state index is -0.971. The molecule has 1 amide bonds. The van der Waals surface area contributed by atoms with Gasteiger partial charge in [0.25, 0.3) is 0 Å². The van der Waals surface area contributed by atoms with Crippen LogP contribution < -0.4 is 5.46 Å². The lowest BCUT2D eigenvalue weighted by Crippen LogP contribution is -2.41. The predicted molar refractivity (Wildman–Crippen MR) is 96.2 cm³/mol. The van der Waals surface area contributed by atoms with E-state index in [-0.39, 0.29) is 23.4 Å². The highest BCUT2D eigenvalue weighted by atomic mass is 19.1. The highest BCUT2D eigenvalue weighted by Crippen LogP contribution is 2.36. The van der Waals surface area contributed by atoms with Crippen LogP contribution >= 0.6 is 0 Å². The molecule has 0 unspecified atom stereocenters. The lowest BCUT2D eigenvalue weighted by Gasteiger charge is -2.32. The van der Waals surface area contributed by atoms with Gasteiger partial charge in [-0.05, 0) is 64.7 Å². The van der Waals surface area contributed by atoms with Crippen LogP contribution in [0.2, 0.25) is 0 Å². The molecule has 0 N–H and O–H groups in total. The minimum Gasteiger partial charge on any atom is -0.399 e. The molecular formula is C19H26BF2NO3. The van der Waals surface area contributed by atoms with Gasteiger partial charge in [0.2, 0.25) is 5.91 Å². The molecule has 0 spiro atoms. The fraction of sp³-hybridized carbons (Fsp3) is 0.632. The molecule has 7 heteroatoms. The molecule has 0 bridgehead atoms. The lowest BCUT2D eigenvalue weighted by molar-refractivity contribution is -0.131. The van der Waals surface area contributed by atoms with Crippen molar-refractivity contribution in [3.05, 3.63) is 29.3 Å². The zero-order valence-corrected chi connectivity index (χ0v) is 15.9. The van der Waals surface area contributed by atoms with Gasteiger partial charge in [-0.15, -0.1) is 0 Å². The average molecular weight is 365 g/mol. The zero-order valence-electron chi connectivity index (χ0n) is 15.9. The first-order valence-corrected chi connectivity index (χ1v) is 9.22. The molecule has 2 heterocycles. The second kappa shape index (κ2) is 6.93. The molecule has 142 valence electrons. The van der Waals surface area contributed by atoms with E-state index in [1.54, 1.807) is 4.90 Å². The molecule has 0 radical (unpaired) electrons. The smallest absolute Gasteiger partial charge is 0.399 e. The molecule has 1 aromatic rings. The van der Waals surface area contributed by atoms with Crippen LogP contribution in [0.5, 0.6) is 0 Å². The summed E-state index contributed by atoms with van der Waals surface area (Å²) < 4.78 is 40.8. The summed E-state index contributed by atoms with van der Waals surface area (Å²) in [5, 5.41) is 0. The molecule has 0 aromatic heterocycles. The van der Waals surface area contributed by atoms with E-state index >= 15 is 0 Å². The van der Waals surface area contributed by atoms with Crippen molar-refractivity contribution < 1.29 is 22.9 Å². The number of carbonyl (C=O) groups excluding carboxylic acids is 1. The maximum absolute atomic E-state index is 14.6. The van der Waals surface area contributed by atoms with Crippen LogP contribution in [0.25, 0.3) is 0 Å². The SMILES string of the molecule is CC1(C)OB(c2cc(F)c(CC(=O)N3CCCCC3)cc2F)OC1(C)C. The molecule has 2 fully saturated rings. The van der Waals surface area contributed by atoms with Crippen LogP contribution in [-0.4, -0.2) is 42.2 Å². The molecule has 1 aromatic carbocycles. The monoisotopic (exact) mass is 365 g/mol. The van der Waals surface area contributed by atoms with Crippen LogP contribution in [0.1, 0.15) is 52.5 Å². The molecule has 2 saturated heterocycles. The molecule has 0 atom stereocenters. The van der Waals surface area contributed by atoms with Gasteiger partial charge in [-0.3, -0.25) is 4.79 Å². The first kappa shape index (κ1) is 19.3. The van der Waals surface area contributed by atoms with Gasteiger partial charge in [0.1, 0.15) is 11.6 Å². The largest absolute Gasteiger partial charge is 0.497 e. The van der Waals surface area contributed by atoms with Gasteiger partial charge in [0.15, 0.2) is 0 Å². The van der Waals surface area contributed by atoms with E-state index in [0.717, 1.165) is 31.4 Å². The third kappa shape index (κ3) is 3.65. The van der Waals surface area contributed by atoms with Gasteiger partial charge < -0.3 is 14.2 Å². The van der Waals surface area contributed by atoms with Crippen molar-refractivity contribution in [3.8, 4) is 0 Å². The summed E-state index contributed by atoms with van der Waals surface area (Å²) >= 11 is 0. The Bertz CT molecular complexity index is 686. The molecule has 0 saturated carbocycles. The van der Waals surface area contributed by atoms with Crippen molar-refractivity contribution in [2.24, 2.45) is 0 Å². The van der Waals surface area contributed by atoms with E-state index in [9.17, 15) is 13.6 Å². The van der Waals surface area contributed by atoms with Gasteiger partial charge >= 0.3 is 7.12 Å². The van der Waals surface area contributed by atoms with Crippen LogP contribution in [0, 0.1) is 11.6 Å². The predicted octanol–water partition coefficient (Wildman–Crippen LogP) is 2.82. The van der Waals surface area contributed by atoms with Gasteiger partial charge in [0, 0.05) is 18.6 Å². The number of piperidine rings is 1. The highest BCUT2D eigenvalue weighted by Gasteiger charge is 2.52. The summed E-state index contributed by atoms with van der Waals surface area (Å²) in [5.41, 5.74) is -1.18. The van der Waals surface area contributed by atoms with Gasteiger partial charge in [-0.2, -0.15) is 0 Å². The standard InChI is InChI=1S/C19H26BF2NO3/c1-18(2)19(3,4)26-20(25-18)14-12-15(21)13(10-16(14)22)11-17(24)23-8-6-5-7-9-23/h10,12H,5-9,11H2,1-4H3. The van der Waals surface area contributed by atoms with Crippen molar-refractivity contribution in [3.63, 3.8) is 0 Å². The summed E-state index contributed by atoms with van der Waals surface area (Å²) in [6.07, 6.45) is 2.90. The Labute approximate surface area is 154 Å². The quantitative estimate of drug-likeness (QED) is 0.774. The van der Waals surface area contributed by atoms with E-state index in [1.807, 2.05) is 27.7 Å². The third-order valence-corrected chi connectivity index (χ3v) is 5.72. The topological polar surface area (TPSA) is 38.8 Å². The Hall–Kier alpha value is -1.47. The third-order valence-electron chi connectivity index (χ3n) is 5.72. The fourth-order valence-electron chi connectivity index (χ4n) is 3.31. The highest BCUT2D eigenvalue weighted by molar-refractivity contribution is 6.62. The Balaban J connectivity index is 1.78. The van der Waals surface area contributed by atoms with Crippen LogP contribution in [0.15, 0.2) is 12.1 Å². The Morgan fingerprint density at radius 2 is 1.62 bits per heavy atom. The van der Waals surface area contributed by atoms with Crippen LogP contribution in [0.3, 0.4) is 0 Å². The summed E-state index contributed by atoms with van der Waals surface area (Å²) in [4.78, 5) is 14.1. The van der Waals surface area contributed by atoms with E-state index in [2.05, 4.69) is 0 Å². The number of likely N-dealkylation sites (tertiary alicyclic amines) is 1.